The Kier molecular flexibility index (Phi) is 3.15. The molecule has 0 heterocycles. The zero-order chi connectivity index (χ0) is 5.70. The fraction of sp³-hybridized carbons (Fsp3) is 0.750. The van der Waals surface area contributed by atoms with Gasteiger partial charge in [-0.1, -0.05) is 6.92 Å². The molecular weight excluding hydrogens is 97.0 g/mol. The molecule has 0 fully saturated rings. The summed E-state index contributed by atoms with van der Waals surface area (Å²) in [5.74, 6) is 0. The molecule has 0 spiro atoms. The van der Waals surface area contributed by atoms with E-state index >= 15 is 0 Å². The van der Waals surface area contributed by atoms with E-state index in [1.165, 1.54) is 0 Å². The smallest absolute Gasteiger partial charge is 0.221 e. The first-order chi connectivity index (χ1) is 3.31. The monoisotopic (exact) mass is 103 g/mol. The van der Waals surface area contributed by atoms with Gasteiger partial charge < -0.3 is 0 Å². The highest BCUT2D eigenvalue weighted by atomic mass is 19.1. The number of halogens is 1. The second-order valence-electron chi connectivity index (χ2n) is 1.06. The van der Waals surface area contributed by atoms with Gasteiger partial charge in [-0.3, -0.25) is 0 Å². The van der Waals surface area contributed by atoms with E-state index in [9.17, 15) is 9.18 Å². The molecule has 0 aliphatic heterocycles. The van der Waals surface area contributed by atoms with Crippen molar-refractivity contribution in [3.63, 3.8) is 0 Å². The molecule has 0 rings (SSSR count). The third-order valence-electron chi connectivity index (χ3n) is 0.530. The number of hydrogen-bond acceptors (Lipinski definition) is 2. The van der Waals surface area contributed by atoms with Crippen molar-refractivity contribution in [1.82, 2.24) is 0 Å². The summed E-state index contributed by atoms with van der Waals surface area (Å²) < 4.78 is 11.7. The Morgan fingerprint density at radius 1 is 2.00 bits per heavy atom. The van der Waals surface area contributed by atoms with Gasteiger partial charge in [-0.05, 0) is 6.42 Å². The summed E-state index contributed by atoms with van der Waals surface area (Å²) in [7, 11) is 0. The fourth-order valence-electron chi connectivity index (χ4n) is 0.148. The highest BCUT2D eigenvalue weighted by molar-refractivity contribution is 5.33. The van der Waals surface area contributed by atoms with E-state index in [2.05, 4.69) is 4.99 Å². The Morgan fingerprint density at radius 2 is 2.57 bits per heavy atom. The molecule has 0 saturated heterocycles. The first-order valence-corrected chi connectivity index (χ1v) is 2.02. The molecule has 0 aliphatic carbocycles. The van der Waals surface area contributed by atoms with E-state index in [4.69, 9.17) is 0 Å². The van der Waals surface area contributed by atoms with Crippen LogP contribution < -0.4 is 0 Å². The standard InChI is InChI=1S/C4H6FNO/c1-2-4(5)6-3-7/h4H,2H2,1H3. The maximum atomic E-state index is 11.7. The van der Waals surface area contributed by atoms with Crippen molar-refractivity contribution in [1.29, 1.82) is 0 Å². The van der Waals surface area contributed by atoms with E-state index < -0.39 is 6.30 Å². The summed E-state index contributed by atoms with van der Waals surface area (Å²) in [6, 6.07) is 0. The summed E-state index contributed by atoms with van der Waals surface area (Å²) in [5, 5.41) is 0. The van der Waals surface area contributed by atoms with E-state index in [0.717, 1.165) is 6.08 Å². The molecule has 0 aromatic carbocycles. The number of rotatable bonds is 2. The third-order valence-corrected chi connectivity index (χ3v) is 0.530. The van der Waals surface area contributed by atoms with Gasteiger partial charge >= 0.3 is 0 Å². The van der Waals surface area contributed by atoms with Crippen LogP contribution in [0.3, 0.4) is 0 Å². The zero-order valence-corrected chi connectivity index (χ0v) is 4.02. The van der Waals surface area contributed by atoms with Gasteiger partial charge in [-0.25, -0.2) is 9.18 Å². The molecule has 3 heteroatoms. The number of nitrogens with zero attached hydrogens (tertiary/aromatic N) is 1. The van der Waals surface area contributed by atoms with E-state index in [1.807, 2.05) is 0 Å². The van der Waals surface area contributed by atoms with Gasteiger partial charge in [-0.2, -0.15) is 4.99 Å². The Bertz CT molecular complexity index is 87.7. The molecule has 0 aromatic heterocycles. The van der Waals surface area contributed by atoms with Crippen molar-refractivity contribution in [3.05, 3.63) is 0 Å². The minimum Gasteiger partial charge on any atom is -0.221 e. The SMILES string of the molecule is CCC(F)N=C=O. The molecule has 1 atom stereocenters. The molecule has 0 aliphatic rings. The van der Waals surface area contributed by atoms with Gasteiger partial charge in [0, 0.05) is 0 Å². The Balaban J connectivity index is 3.35. The summed E-state index contributed by atoms with van der Waals surface area (Å²) in [4.78, 5) is 12.0. The predicted molar refractivity (Wildman–Crippen MR) is 23.3 cm³/mol. The van der Waals surface area contributed by atoms with Crippen molar-refractivity contribution in [2.75, 3.05) is 0 Å². The van der Waals surface area contributed by atoms with Crippen LogP contribution in [0.2, 0.25) is 0 Å². The zero-order valence-electron chi connectivity index (χ0n) is 4.02. The van der Waals surface area contributed by atoms with Crippen LogP contribution in [0.1, 0.15) is 13.3 Å². The topological polar surface area (TPSA) is 29.4 Å². The molecular formula is C4H6FNO. The Labute approximate surface area is 41.1 Å². The molecule has 7 heavy (non-hydrogen) atoms. The maximum absolute atomic E-state index is 11.7. The van der Waals surface area contributed by atoms with Crippen LogP contribution in [-0.2, 0) is 4.79 Å². The van der Waals surface area contributed by atoms with Crippen LogP contribution in [0.5, 0.6) is 0 Å². The maximum Gasteiger partial charge on any atom is 0.237 e. The Hall–Kier alpha value is -0.690. The molecule has 2 nitrogen and oxygen atoms in total. The third kappa shape index (κ3) is 3.13. The first-order valence-electron chi connectivity index (χ1n) is 2.02. The van der Waals surface area contributed by atoms with Crippen molar-refractivity contribution >= 4 is 6.08 Å². The second-order valence-corrected chi connectivity index (χ2v) is 1.06. The molecule has 0 radical (unpaired) electrons. The van der Waals surface area contributed by atoms with Crippen LogP contribution in [0, 0.1) is 0 Å². The number of carbonyl (C=O) groups excluding carboxylic acids is 1. The van der Waals surface area contributed by atoms with E-state index in [-0.39, 0.29) is 6.42 Å². The van der Waals surface area contributed by atoms with Crippen molar-refractivity contribution in [2.24, 2.45) is 4.99 Å². The lowest BCUT2D eigenvalue weighted by Crippen LogP contribution is -1.88. The Morgan fingerprint density at radius 3 is 2.71 bits per heavy atom. The summed E-state index contributed by atoms with van der Waals surface area (Å²) in [6.07, 6.45) is 0.0141. The van der Waals surface area contributed by atoms with Crippen molar-refractivity contribution in [2.45, 2.75) is 19.6 Å². The van der Waals surface area contributed by atoms with Gasteiger partial charge in [0.25, 0.3) is 0 Å². The molecule has 40 valence electrons. The molecule has 0 aromatic rings. The van der Waals surface area contributed by atoms with Crippen LogP contribution in [0.25, 0.3) is 0 Å². The summed E-state index contributed by atoms with van der Waals surface area (Å²) in [6.45, 7) is 1.60. The highest BCUT2D eigenvalue weighted by Gasteiger charge is 1.93. The average molecular weight is 103 g/mol. The highest BCUT2D eigenvalue weighted by Crippen LogP contribution is 1.94. The van der Waals surface area contributed by atoms with E-state index in [0.29, 0.717) is 0 Å². The van der Waals surface area contributed by atoms with Crippen LogP contribution in [-0.4, -0.2) is 12.4 Å². The number of alkyl halides is 1. The van der Waals surface area contributed by atoms with Gasteiger partial charge in [-0.15, -0.1) is 0 Å². The van der Waals surface area contributed by atoms with Gasteiger partial charge in [0.15, 0.2) is 0 Å². The number of hydrogen-bond donors (Lipinski definition) is 0. The van der Waals surface area contributed by atoms with Gasteiger partial charge in [0.2, 0.25) is 12.4 Å². The molecule has 0 saturated carbocycles. The largest absolute Gasteiger partial charge is 0.237 e. The molecule has 0 N–H and O–H groups in total. The van der Waals surface area contributed by atoms with Crippen LogP contribution in [0.4, 0.5) is 4.39 Å². The minimum absolute atomic E-state index is 0.245. The summed E-state index contributed by atoms with van der Waals surface area (Å²) >= 11 is 0. The lowest BCUT2D eigenvalue weighted by Gasteiger charge is -1.87. The van der Waals surface area contributed by atoms with Crippen molar-refractivity contribution < 1.29 is 9.18 Å². The predicted octanol–water partition coefficient (Wildman–Crippen LogP) is 1.03. The number of isocyanates is 1. The normalized spacial score (nSPS) is 12.3. The van der Waals surface area contributed by atoms with Crippen LogP contribution in [0.15, 0.2) is 4.99 Å². The van der Waals surface area contributed by atoms with Gasteiger partial charge in [0.1, 0.15) is 0 Å². The first kappa shape index (κ1) is 6.31. The summed E-state index contributed by atoms with van der Waals surface area (Å²) in [5.41, 5.74) is 0. The average Bonchev–Trinajstić information content (AvgIpc) is 1.68. The lowest BCUT2D eigenvalue weighted by atomic mass is 10.5. The lowest BCUT2D eigenvalue weighted by molar-refractivity contribution is 0.336. The quantitative estimate of drug-likeness (QED) is 0.291. The second kappa shape index (κ2) is 3.50. The fourth-order valence-corrected chi connectivity index (χ4v) is 0.148. The van der Waals surface area contributed by atoms with Crippen molar-refractivity contribution in [3.8, 4) is 0 Å². The molecule has 0 amide bonds. The molecule has 1 unspecified atom stereocenters. The van der Waals surface area contributed by atoms with Gasteiger partial charge in [0.05, 0.1) is 0 Å². The minimum atomic E-state index is -1.35. The van der Waals surface area contributed by atoms with Crippen LogP contribution >= 0.6 is 0 Å². The van der Waals surface area contributed by atoms with E-state index in [1.54, 1.807) is 6.92 Å². The molecule has 0 bridgehead atoms. The number of aliphatic imine (C=N–C) groups is 1.